The van der Waals surface area contributed by atoms with Crippen molar-refractivity contribution in [2.45, 2.75) is 11.4 Å². The molecule has 0 radical (unpaired) electrons. The van der Waals surface area contributed by atoms with Crippen LogP contribution in [0, 0.1) is 0 Å². The second-order valence-corrected chi connectivity index (χ2v) is 8.25. The van der Waals surface area contributed by atoms with Gasteiger partial charge in [-0.05, 0) is 40.2 Å². The molecule has 0 spiro atoms. The molecule has 112 valence electrons. The molecule has 0 heterocycles. The molecule has 0 atom stereocenters. The molecule has 0 aliphatic heterocycles. The maximum absolute atomic E-state index is 12.6. The Balaban J connectivity index is 2.33. The molecule has 21 heavy (non-hydrogen) atoms. The number of halogens is 2. The van der Waals surface area contributed by atoms with Gasteiger partial charge in [-0.25, -0.2) is 8.42 Å². The molecule has 2 aromatic carbocycles. The van der Waals surface area contributed by atoms with Crippen LogP contribution in [0.15, 0.2) is 56.3 Å². The van der Waals surface area contributed by atoms with E-state index < -0.39 is 10.0 Å². The molecule has 0 fully saturated rings. The molecule has 2 rings (SSSR count). The Morgan fingerprint density at radius 2 is 1.81 bits per heavy atom. The molecule has 0 saturated carbocycles. The summed E-state index contributed by atoms with van der Waals surface area (Å²) in [5.74, 6) is 0.0782. The molecule has 0 aromatic heterocycles. The van der Waals surface area contributed by atoms with Gasteiger partial charge in [-0.2, -0.15) is 4.31 Å². The van der Waals surface area contributed by atoms with Crippen molar-refractivity contribution in [3.63, 3.8) is 0 Å². The van der Waals surface area contributed by atoms with Gasteiger partial charge in [0.25, 0.3) is 0 Å². The Morgan fingerprint density at radius 3 is 2.43 bits per heavy atom. The largest absolute Gasteiger partial charge is 0.508 e. The number of benzene rings is 2. The van der Waals surface area contributed by atoms with Gasteiger partial charge in [0, 0.05) is 28.1 Å². The van der Waals surface area contributed by atoms with E-state index in [1.807, 2.05) is 0 Å². The lowest BCUT2D eigenvalue weighted by molar-refractivity contribution is 0.435. The summed E-state index contributed by atoms with van der Waals surface area (Å²) >= 11 is 6.56. The predicted octanol–water partition coefficient (Wildman–Crippen LogP) is 3.74. The zero-order valence-corrected chi connectivity index (χ0v) is 15.1. The number of hydrogen-bond donors (Lipinski definition) is 1. The molecule has 7 heteroatoms. The number of phenols is 1. The van der Waals surface area contributed by atoms with E-state index in [0.29, 0.717) is 10.0 Å². The molecule has 2 aromatic rings. The number of sulfonamides is 1. The van der Waals surface area contributed by atoms with E-state index in [-0.39, 0.29) is 17.2 Å². The lowest BCUT2D eigenvalue weighted by Crippen LogP contribution is -2.26. The quantitative estimate of drug-likeness (QED) is 0.797. The molecular formula is C14H13Br2NO3S. The van der Waals surface area contributed by atoms with E-state index in [0.717, 1.165) is 4.47 Å². The van der Waals surface area contributed by atoms with Gasteiger partial charge in [0.2, 0.25) is 10.0 Å². The second kappa shape index (κ2) is 6.48. The van der Waals surface area contributed by atoms with Crippen molar-refractivity contribution in [2.75, 3.05) is 7.05 Å². The Kier molecular flexibility index (Phi) is 5.08. The maximum Gasteiger partial charge on any atom is 0.244 e. The van der Waals surface area contributed by atoms with Crippen LogP contribution < -0.4 is 0 Å². The van der Waals surface area contributed by atoms with Crippen LogP contribution in [0.5, 0.6) is 5.75 Å². The number of rotatable bonds is 4. The van der Waals surface area contributed by atoms with Crippen LogP contribution in [0.25, 0.3) is 0 Å². The standard InChI is InChI=1S/C14H13Br2NO3S/c1-17(9-10-4-2-3-5-13(10)18)21(19,20)14-7-6-11(15)8-12(14)16/h2-8,18H,9H2,1H3. The summed E-state index contributed by atoms with van der Waals surface area (Å²) in [6.45, 7) is 0.0948. The lowest BCUT2D eigenvalue weighted by atomic mass is 10.2. The molecule has 0 unspecified atom stereocenters. The van der Waals surface area contributed by atoms with Gasteiger partial charge in [0.15, 0.2) is 0 Å². The van der Waals surface area contributed by atoms with Crippen molar-refractivity contribution in [1.82, 2.24) is 4.31 Å². The third-order valence-electron chi connectivity index (χ3n) is 2.97. The highest BCUT2D eigenvalue weighted by Gasteiger charge is 2.24. The molecule has 4 nitrogen and oxygen atoms in total. The highest BCUT2D eigenvalue weighted by Crippen LogP contribution is 2.29. The highest BCUT2D eigenvalue weighted by molar-refractivity contribution is 9.11. The molecular weight excluding hydrogens is 422 g/mol. The molecule has 0 amide bonds. The van der Waals surface area contributed by atoms with Gasteiger partial charge in [-0.15, -0.1) is 0 Å². The van der Waals surface area contributed by atoms with Gasteiger partial charge in [0.1, 0.15) is 5.75 Å². The SMILES string of the molecule is CN(Cc1ccccc1O)S(=O)(=O)c1ccc(Br)cc1Br. The zero-order valence-electron chi connectivity index (χ0n) is 11.1. The highest BCUT2D eigenvalue weighted by atomic mass is 79.9. The van der Waals surface area contributed by atoms with Gasteiger partial charge in [-0.3, -0.25) is 0 Å². The first-order chi connectivity index (χ1) is 9.82. The fourth-order valence-corrected chi connectivity index (χ4v) is 4.67. The van der Waals surface area contributed by atoms with Gasteiger partial charge >= 0.3 is 0 Å². The fraction of sp³-hybridized carbons (Fsp3) is 0.143. The second-order valence-electron chi connectivity index (χ2n) is 4.46. The van der Waals surface area contributed by atoms with Crippen molar-refractivity contribution >= 4 is 41.9 Å². The minimum atomic E-state index is -3.65. The first-order valence-electron chi connectivity index (χ1n) is 6.00. The van der Waals surface area contributed by atoms with Crippen molar-refractivity contribution < 1.29 is 13.5 Å². The number of phenolic OH excluding ortho intramolecular Hbond substituents is 1. The van der Waals surface area contributed by atoms with Gasteiger partial charge < -0.3 is 5.11 Å². The minimum Gasteiger partial charge on any atom is -0.508 e. The monoisotopic (exact) mass is 433 g/mol. The first kappa shape index (κ1) is 16.5. The van der Waals surface area contributed by atoms with E-state index in [4.69, 9.17) is 0 Å². The van der Waals surface area contributed by atoms with Crippen molar-refractivity contribution in [2.24, 2.45) is 0 Å². The van der Waals surface area contributed by atoms with E-state index in [2.05, 4.69) is 31.9 Å². The van der Waals surface area contributed by atoms with Crippen LogP contribution in [0.1, 0.15) is 5.56 Å². The normalized spacial score (nSPS) is 11.8. The summed E-state index contributed by atoms with van der Waals surface area (Å²) in [6, 6.07) is 11.6. The summed E-state index contributed by atoms with van der Waals surface area (Å²) in [5, 5.41) is 9.75. The Hall–Kier alpha value is -0.890. The lowest BCUT2D eigenvalue weighted by Gasteiger charge is -2.18. The van der Waals surface area contributed by atoms with Crippen molar-refractivity contribution in [1.29, 1.82) is 0 Å². The number of nitrogens with zero attached hydrogens (tertiary/aromatic N) is 1. The molecule has 1 N–H and O–H groups in total. The predicted molar refractivity (Wildman–Crippen MR) is 88.6 cm³/mol. The molecule has 0 bridgehead atoms. The van der Waals surface area contributed by atoms with E-state index in [1.165, 1.54) is 23.5 Å². The van der Waals surface area contributed by atoms with Crippen molar-refractivity contribution in [3.8, 4) is 5.75 Å². The minimum absolute atomic E-state index is 0.0782. The average Bonchev–Trinajstić information content (AvgIpc) is 2.40. The molecule has 0 aliphatic rings. The third kappa shape index (κ3) is 3.66. The van der Waals surface area contributed by atoms with Crippen LogP contribution in [-0.2, 0) is 16.6 Å². The topological polar surface area (TPSA) is 57.6 Å². The molecule has 0 saturated heterocycles. The summed E-state index contributed by atoms with van der Waals surface area (Å²) < 4.78 is 27.6. The van der Waals surface area contributed by atoms with Crippen LogP contribution in [0.4, 0.5) is 0 Å². The van der Waals surface area contributed by atoms with Crippen LogP contribution in [-0.4, -0.2) is 24.9 Å². The Morgan fingerprint density at radius 1 is 1.14 bits per heavy atom. The molecule has 0 aliphatic carbocycles. The first-order valence-corrected chi connectivity index (χ1v) is 9.03. The fourth-order valence-electron chi connectivity index (χ4n) is 1.82. The van der Waals surface area contributed by atoms with Crippen LogP contribution >= 0.6 is 31.9 Å². The van der Waals surface area contributed by atoms with E-state index in [1.54, 1.807) is 30.3 Å². The zero-order chi connectivity index (χ0) is 15.6. The number of hydrogen-bond acceptors (Lipinski definition) is 3. The average molecular weight is 435 g/mol. The number of para-hydroxylation sites is 1. The van der Waals surface area contributed by atoms with Crippen LogP contribution in [0.3, 0.4) is 0 Å². The van der Waals surface area contributed by atoms with Gasteiger partial charge in [-0.1, -0.05) is 34.1 Å². The summed E-state index contributed by atoms with van der Waals surface area (Å²) in [4.78, 5) is 0.184. The summed E-state index contributed by atoms with van der Waals surface area (Å²) in [6.07, 6.45) is 0. The smallest absolute Gasteiger partial charge is 0.244 e. The summed E-state index contributed by atoms with van der Waals surface area (Å²) in [7, 11) is -2.16. The van der Waals surface area contributed by atoms with E-state index >= 15 is 0 Å². The number of aromatic hydroxyl groups is 1. The Bertz CT molecular complexity index is 763. The summed E-state index contributed by atoms with van der Waals surface area (Å²) in [5.41, 5.74) is 0.553. The van der Waals surface area contributed by atoms with E-state index in [9.17, 15) is 13.5 Å². The van der Waals surface area contributed by atoms with Crippen LogP contribution in [0.2, 0.25) is 0 Å². The van der Waals surface area contributed by atoms with Crippen molar-refractivity contribution in [3.05, 3.63) is 57.0 Å². The maximum atomic E-state index is 12.6. The third-order valence-corrected chi connectivity index (χ3v) is 6.24. The Labute approximate surface area is 140 Å². The van der Waals surface area contributed by atoms with Gasteiger partial charge in [0.05, 0.1) is 4.90 Å².